The number of benzene rings is 1. The van der Waals surface area contributed by atoms with Crippen LogP contribution in [0.1, 0.15) is 13.3 Å². The Morgan fingerprint density at radius 3 is 2.76 bits per heavy atom. The molecule has 17 heavy (non-hydrogen) atoms. The second-order valence-corrected chi connectivity index (χ2v) is 4.00. The molecule has 2 rings (SSSR count). The van der Waals surface area contributed by atoms with Gasteiger partial charge in [0.05, 0.1) is 10.6 Å². The van der Waals surface area contributed by atoms with Gasteiger partial charge in [-0.15, -0.1) is 10.2 Å². The normalized spacial score (nSPS) is 10.8. The van der Waals surface area contributed by atoms with Crippen LogP contribution in [0.25, 0.3) is 11.4 Å². The number of aromatic nitrogens is 3. The van der Waals surface area contributed by atoms with Crippen LogP contribution >= 0.6 is 11.6 Å². The van der Waals surface area contributed by atoms with Gasteiger partial charge < -0.3 is 4.57 Å². The smallest absolute Gasteiger partial charge is 0.166 e. The van der Waals surface area contributed by atoms with E-state index in [1.165, 1.54) is 6.33 Å². The molecule has 0 aliphatic carbocycles. The molecule has 0 saturated heterocycles. The highest BCUT2D eigenvalue weighted by atomic mass is 35.5. The van der Waals surface area contributed by atoms with Crippen LogP contribution in [0.15, 0.2) is 18.5 Å². The highest BCUT2D eigenvalue weighted by Gasteiger charge is 2.15. The average Bonchev–Trinajstić information content (AvgIpc) is 2.72. The predicted octanol–water partition coefficient (Wildman–Crippen LogP) is 3.29. The van der Waals surface area contributed by atoms with Gasteiger partial charge in [-0.25, -0.2) is 8.78 Å². The van der Waals surface area contributed by atoms with E-state index in [0.29, 0.717) is 12.4 Å². The van der Waals surface area contributed by atoms with Crippen molar-refractivity contribution in [2.45, 2.75) is 19.9 Å². The molecule has 3 nitrogen and oxygen atoms in total. The molecule has 0 fully saturated rings. The van der Waals surface area contributed by atoms with Gasteiger partial charge in [-0.2, -0.15) is 0 Å². The van der Waals surface area contributed by atoms with Gasteiger partial charge in [0, 0.05) is 6.54 Å². The quantitative estimate of drug-likeness (QED) is 0.790. The van der Waals surface area contributed by atoms with Crippen LogP contribution in [0, 0.1) is 11.6 Å². The van der Waals surface area contributed by atoms with Crippen molar-refractivity contribution in [1.82, 2.24) is 14.8 Å². The Hall–Kier alpha value is -1.49. The molecule has 1 aromatic heterocycles. The molecule has 0 spiro atoms. The van der Waals surface area contributed by atoms with Crippen LogP contribution in [0.3, 0.4) is 0 Å². The number of hydrogen-bond donors (Lipinski definition) is 0. The number of hydrogen-bond acceptors (Lipinski definition) is 2. The second kappa shape index (κ2) is 4.79. The van der Waals surface area contributed by atoms with E-state index in [2.05, 4.69) is 10.2 Å². The van der Waals surface area contributed by atoms with E-state index < -0.39 is 11.6 Å². The lowest BCUT2D eigenvalue weighted by Crippen LogP contribution is -2.00. The zero-order valence-electron chi connectivity index (χ0n) is 9.12. The zero-order chi connectivity index (χ0) is 12.4. The Morgan fingerprint density at radius 2 is 2.06 bits per heavy atom. The molecule has 1 heterocycles. The van der Waals surface area contributed by atoms with Gasteiger partial charge in [-0.3, -0.25) is 0 Å². The van der Waals surface area contributed by atoms with Crippen molar-refractivity contribution in [3.8, 4) is 11.4 Å². The molecule has 0 bridgehead atoms. The summed E-state index contributed by atoms with van der Waals surface area (Å²) >= 11 is 5.49. The molecule has 0 radical (unpaired) electrons. The highest BCUT2D eigenvalue weighted by Crippen LogP contribution is 2.26. The number of rotatable bonds is 3. The molecule has 6 heteroatoms. The molecule has 0 amide bonds. The summed E-state index contributed by atoms with van der Waals surface area (Å²) in [5, 5.41) is 7.26. The van der Waals surface area contributed by atoms with Gasteiger partial charge in [0.25, 0.3) is 0 Å². The summed E-state index contributed by atoms with van der Waals surface area (Å²) in [4.78, 5) is 0. The van der Waals surface area contributed by atoms with Crippen molar-refractivity contribution in [2.75, 3.05) is 0 Å². The molecule has 0 unspecified atom stereocenters. The van der Waals surface area contributed by atoms with Crippen LogP contribution in [0.4, 0.5) is 8.78 Å². The monoisotopic (exact) mass is 257 g/mol. The number of aryl methyl sites for hydroxylation is 1. The van der Waals surface area contributed by atoms with Gasteiger partial charge in [-0.1, -0.05) is 18.5 Å². The fraction of sp³-hybridized carbons (Fsp3) is 0.273. The zero-order valence-corrected chi connectivity index (χ0v) is 9.88. The molecule has 1 aromatic carbocycles. The van der Waals surface area contributed by atoms with E-state index in [4.69, 9.17) is 11.6 Å². The van der Waals surface area contributed by atoms with E-state index in [1.807, 2.05) is 6.92 Å². The third-order valence-electron chi connectivity index (χ3n) is 2.33. The van der Waals surface area contributed by atoms with Gasteiger partial charge in [-0.05, 0) is 18.6 Å². The van der Waals surface area contributed by atoms with Gasteiger partial charge in [0.1, 0.15) is 18.0 Å². The lowest BCUT2D eigenvalue weighted by atomic mass is 10.2. The minimum atomic E-state index is -0.672. The van der Waals surface area contributed by atoms with Crippen LogP contribution in [-0.4, -0.2) is 14.8 Å². The molecule has 0 atom stereocenters. The summed E-state index contributed by atoms with van der Waals surface area (Å²) in [6.07, 6.45) is 2.34. The van der Waals surface area contributed by atoms with Crippen LogP contribution in [-0.2, 0) is 6.54 Å². The third kappa shape index (κ3) is 2.29. The number of nitrogens with zero attached hydrogens (tertiary/aromatic N) is 3. The van der Waals surface area contributed by atoms with Gasteiger partial charge in [0.15, 0.2) is 5.82 Å². The summed E-state index contributed by atoms with van der Waals surface area (Å²) in [5.41, 5.74) is 0.0675. The van der Waals surface area contributed by atoms with Crippen molar-refractivity contribution >= 4 is 11.6 Å². The Kier molecular flexibility index (Phi) is 3.38. The first-order valence-corrected chi connectivity index (χ1v) is 5.54. The molecule has 0 aliphatic heterocycles. The summed E-state index contributed by atoms with van der Waals surface area (Å²) in [6.45, 7) is 2.62. The fourth-order valence-corrected chi connectivity index (χ4v) is 1.71. The van der Waals surface area contributed by atoms with Crippen LogP contribution < -0.4 is 0 Å². The number of halogens is 3. The van der Waals surface area contributed by atoms with Crippen LogP contribution in [0.2, 0.25) is 5.02 Å². The maximum Gasteiger partial charge on any atom is 0.166 e. The molecule has 90 valence electrons. The molecule has 2 aromatic rings. The van der Waals surface area contributed by atoms with E-state index in [1.54, 1.807) is 4.57 Å². The predicted molar refractivity (Wildman–Crippen MR) is 60.7 cm³/mol. The maximum atomic E-state index is 13.7. The lowest BCUT2D eigenvalue weighted by molar-refractivity contribution is 0.599. The van der Waals surface area contributed by atoms with Crippen molar-refractivity contribution in [3.63, 3.8) is 0 Å². The first-order valence-electron chi connectivity index (χ1n) is 5.16. The molecular formula is C11H10ClF2N3. The summed E-state index contributed by atoms with van der Waals surface area (Å²) in [5.74, 6) is -0.976. The summed E-state index contributed by atoms with van der Waals surface area (Å²) in [7, 11) is 0. The van der Waals surface area contributed by atoms with Crippen molar-refractivity contribution in [3.05, 3.63) is 35.1 Å². The highest BCUT2D eigenvalue weighted by molar-refractivity contribution is 6.30. The van der Waals surface area contributed by atoms with Crippen molar-refractivity contribution in [2.24, 2.45) is 0 Å². The standard InChI is InChI=1S/C11H10ClF2N3/c1-2-3-17-6-15-16-11(17)7-4-10(14)8(12)5-9(7)13/h4-6H,2-3H2,1H3. The van der Waals surface area contributed by atoms with E-state index in [-0.39, 0.29) is 10.6 Å². The molecule has 0 saturated carbocycles. The van der Waals surface area contributed by atoms with Crippen LogP contribution in [0.5, 0.6) is 0 Å². The third-order valence-corrected chi connectivity index (χ3v) is 2.62. The van der Waals surface area contributed by atoms with Gasteiger partial charge >= 0.3 is 0 Å². The topological polar surface area (TPSA) is 30.7 Å². The van der Waals surface area contributed by atoms with E-state index in [9.17, 15) is 8.78 Å². The second-order valence-electron chi connectivity index (χ2n) is 3.59. The largest absolute Gasteiger partial charge is 0.314 e. The fourth-order valence-electron chi connectivity index (χ4n) is 1.56. The van der Waals surface area contributed by atoms with Gasteiger partial charge in [0.2, 0.25) is 0 Å². The SMILES string of the molecule is CCCn1cnnc1-c1cc(F)c(Cl)cc1F. The summed E-state index contributed by atoms with van der Waals surface area (Å²) in [6, 6.07) is 1.98. The Morgan fingerprint density at radius 1 is 1.29 bits per heavy atom. The summed E-state index contributed by atoms with van der Waals surface area (Å²) < 4.78 is 28.7. The van der Waals surface area contributed by atoms with E-state index >= 15 is 0 Å². The molecule has 0 aliphatic rings. The van der Waals surface area contributed by atoms with E-state index in [0.717, 1.165) is 18.6 Å². The Bertz CT molecular complexity index is 540. The maximum absolute atomic E-state index is 13.7. The van der Waals surface area contributed by atoms with Crippen molar-refractivity contribution in [1.29, 1.82) is 0 Å². The molecular weight excluding hydrogens is 248 g/mol. The minimum Gasteiger partial charge on any atom is -0.314 e. The Balaban J connectivity index is 2.52. The first-order chi connectivity index (χ1) is 8.13. The molecule has 0 N–H and O–H groups in total. The lowest BCUT2D eigenvalue weighted by Gasteiger charge is -2.06. The first kappa shape index (κ1) is 12.0. The minimum absolute atomic E-state index is 0.0675. The Labute approximate surface area is 102 Å². The van der Waals surface area contributed by atoms with Crippen molar-refractivity contribution < 1.29 is 8.78 Å². The average molecular weight is 258 g/mol.